The lowest BCUT2D eigenvalue weighted by Crippen LogP contribution is -2.45. The van der Waals surface area contributed by atoms with Gasteiger partial charge in [-0.3, -0.25) is 4.90 Å². The lowest BCUT2D eigenvalue weighted by molar-refractivity contribution is 0.104. The number of nitrogens with one attached hydrogen (secondary N) is 1. The maximum absolute atomic E-state index is 3.64. The summed E-state index contributed by atoms with van der Waals surface area (Å²) in [6, 6.07) is 1.63. The Morgan fingerprint density at radius 1 is 1.18 bits per heavy atom. The van der Waals surface area contributed by atoms with Crippen molar-refractivity contribution in [2.24, 2.45) is 5.41 Å². The van der Waals surface area contributed by atoms with Crippen LogP contribution in [0.1, 0.15) is 59.3 Å². The third-order valence-corrected chi connectivity index (χ3v) is 4.85. The first-order valence-corrected chi connectivity index (χ1v) is 7.58. The summed E-state index contributed by atoms with van der Waals surface area (Å²) in [4.78, 5) is 2.73. The van der Waals surface area contributed by atoms with Gasteiger partial charge < -0.3 is 5.32 Å². The lowest BCUT2D eigenvalue weighted by Gasteiger charge is -2.40. The quantitative estimate of drug-likeness (QED) is 0.810. The summed E-state index contributed by atoms with van der Waals surface area (Å²) in [5, 5.41) is 3.64. The summed E-state index contributed by atoms with van der Waals surface area (Å²) in [5.74, 6) is 0. The van der Waals surface area contributed by atoms with Crippen LogP contribution in [0.25, 0.3) is 0 Å². The Labute approximate surface area is 107 Å². The van der Waals surface area contributed by atoms with Gasteiger partial charge in [-0.15, -0.1) is 0 Å². The van der Waals surface area contributed by atoms with Crippen molar-refractivity contribution in [1.29, 1.82) is 0 Å². The van der Waals surface area contributed by atoms with Crippen LogP contribution in [-0.2, 0) is 0 Å². The number of rotatable bonds is 4. The van der Waals surface area contributed by atoms with Crippen LogP contribution in [0.15, 0.2) is 0 Å². The molecule has 1 unspecified atom stereocenters. The average molecular weight is 238 g/mol. The minimum Gasteiger partial charge on any atom is -0.313 e. The molecule has 17 heavy (non-hydrogen) atoms. The monoisotopic (exact) mass is 238 g/mol. The minimum absolute atomic E-state index is 0.599. The van der Waals surface area contributed by atoms with Gasteiger partial charge in [0.25, 0.3) is 0 Å². The van der Waals surface area contributed by atoms with E-state index in [-0.39, 0.29) is 0 Å². The molecule has 1 atom stereocenters. The number of hydrogen-bond acceptors (Lipinski definition) is 2. The number of nitrogens with zero attached hydrogens (tertiary/aromatic N) is 1. The average Bonchev–Trinajstić information content (AvgIpc) is 2.79. The summed E-state index contributed by atoms with van der Waals surface area (Å²) in [5.41, 5.74) is 0.599. The van der Waals surface area contributed by atoms with E-state index in [0.717, 1.165) is 12.1 Å². The fourth-order valence-electron chi connectivity index (χ4n) is 3.48. The first-order valence-electron chi connectivity index (χ1n) is 7.58. The largest absolute Gasteiger partial charge is 0.313 e. The third kappa shape index (κ3) is 3.69. The lowest BCUT2D eigenvalue weighted by atomic mass is 9.75. The van der Waals surface area contributed by atoms with Gasteiger partial charge >= 0.3 is 0 Å². The smallest absolute Gasteiger partial charge is 0.0195 e. The third-order valence-electron chi connectivity index (χ3n) is 4.85. The molecule has 2 heteroatoms. The molecule has 0 aromatic rings. The fourth-order valence-corrected chi connectivity index (χ4v) is 3.48. The first-order chi connectivity index (χ1) is 8.11. The zero-order valence-corrected chi connectivity index (χ0v) is 12.0. The molecule has 0 bridgehead atoms. The van der Waals surface area contributed by atoms with Crippen LogP contribution < -0.4 is 5.32 Å². The van der Waals surface area contributed by atoms with Gasteiger partial charge in [-0.05, 0) is 57.0 Å². The van der Waals surface area contributed by atoms with E-state index < -0.39 is 0 Å². The van der Waals surface area contributed by atoms with Crippen LogP contribution in [0, 0.1) is 5.41 Å². The molecule has 0 spiro atoms. The summed E-state index contributed by atoms with van der Waals surface area (Å²) in [6.45, 7) is 10.9. The second kappa shape index (κ2) is 5.71. The predicted octanol–water partition coefficient (Wildman–Crippen LogP) is 3.03. The summed E-state index contributed by atoms with van der Waals surface area (Å²) >= 11 is 0. The standard InChI is InChI=1S/C15H30N2/c1-4-17(12-13-6-5-11-16-13)14-7-9-15(2,3)10-8-14/h13-14,16H,4-12H2,1-3H3. The highest BCUT2D eigenvalue weighted by Crippen LogP contribution is 2.36. The normalized spacial score (nSPS) is 30.0. The van der Waals surface area contributed by atoms with Crippen molar-refractivity contribution < 1.29 is 0 Å². The second-order valence-corrected chi connectivity index (χ2v) is 6.78. The Morgan fingerprint density at radius 3 is 2.41 bits per heavy atom. The minimum atomic E-state index is 0.599. The molecule has 2 fully saturated rings. The van der Waals surface area contributed by atoms with Crippen LogP contribution in [0.5, 0.6) is 0 Å². The summed E-state index contributed by atoms with van der Waals surface area (Å²) in [6.07, 6.45) is 8.40. The van der Waals surface area contributed by atoms with E-state index >= 15 is 0 Å². The molecule has 0 aromatic heterocycles. The van der Waals surface area contributed by atoms with E-state index in [1.165, 1.54) is 58.2 Å². The Bertz CT molecular complexity index is 221. The molecule has 100 valence electrons. The van der Waals surface area contributed by atoms with Crippen molar-refractivity contribution in [3.63, 3.8) is 0 Å². The maximum Gasteiger partial charge on any atom is 0.0195 e. The Morgan fingerprint density at radius 2 is 1.88 bits per heavy atom. The van der Waals surface area contributed by atoms with E-state index in [1.807, 2.05) is 0 Å². The predicted molar refractivity (Wildman–Crippen MR) is 74.3 cm³/mol. The molecule has 0 aromatic carbocycles. The van der Waals surface area contributed by atoms with Crippen molar-refractivity contribution in [1.82, 2.24) is 10.2 Å². The van der Waals surface area contributed by atoms with Crippen molar-refractivity contribution in [2.75, 3.05) is 19.6 Å². The van der Waals surface area contributed by atoms with E-state index in [1.54, 1.807) is 0 Å². The zero-order valence-electron chi connectivity index (χ0n) is 12.0. The van der Waals surface area contributed by atoms with Gasteiger partial charge in [-0.1, -0.05) is 20.8 Å². The van der Waals surface area contributed by atoms with Gasteiger partial charge in [0.05, 0.1) is 0 Å². The van der Waals surface area contributed by atoms with Gasteiger partial charge in [-0.25, -0.2) is 0 Å². The molecule has 2 nitrogen and oxygen atoms in total. The second-order valence-electron chi connectivity index (χ2n) is 6.78. The van der Waals surface area contributed by atoms with Crippen molar-refractivity contribution in [3.05, 3.63) is 0 Å². The highest BCUT2D eigenvalue weighted by Gasteiger charge is 2.30. The fraction of sp³-hybridized carbons (Fsp3) is 1.00. The molecule has 1 N–H and O–H groups in total. The Hall–Kier alpha value is -0.0800. The van der Waals surface area contributed by atoms with Gasteiger partial charge in [0.2, 0.25) is 0 Å². The van der Waals surface area contributed by atoms with Crippen LogP contribution in [0.2, 0.25) is 0 Å². The van der Waals surface area contributed by atoms with Gasteiger partial charge in [0, 0.05) is 18.6 Å². The Balaban J connectivity index is 1.81. The molecule has 2 rings (SSSR count). The number of hydrogen-bond donors (Lipinski definition) is 1. The molecule has 1 aliphatic heterocycles. The molecule has 1 saturated heterocycles. The van der Waals surface area contributed by atoms with E-state index in [9.17, 15) is 0 Å². The van der Waals surface area contributed by atoms with Crippen LogP contribution in [0.4, 0.5) is 0 Å². The first kappa shape index (κ1) is 13.4. The van der Waals surface area contributed by atoms with E-state index in [0.29, 0.717) is 5.41 Å². The van der Waals surface area contributed by atoms with Crippen LogP contribution in [0.3, 0.4) is 0 Å². The summed E-state index contributed by atoms with van der Waals surface area (Å²) in [7, 11) is 0. The molecule has 1 heterocycles. The molecular weight excluding hydrogens is 208 g/mol. The van der Waals surface area contributed by atoms with E-state index in [2.05, 4.69) is 31.0 Å². The molecule has 0 amide bonds. The van der Waals surface area contributed by atoms with Crippen molar-refractivity contribution in [3.8, 4) is 0 Å². The molecule has 2 aliphatic rings. The molecular formula is C15H30N2. The Kier molecular flexibility index (Phi) is 4.48. The molecule has 1 aliphatic carbocycles. The highest BCUT2D eigenvalue weighted by molar-refractivity contribution is 4.86. The number of likely N-dealkylation sites (N-methyl/N-ethyl adjacent to an activating group) is 1. The van der Waals surface area contributed by atoms with Gasteiger partial charge in [0.1, 0.15) is 0 Å². The molecule has 1 saturated carbocycles. The van der Waals surface area contributed by atoms with Crippen molar-refractivity contribution in [2.45, 2.75) is 71.4 Å². The maximum atomic E-state index is 3.64. The van der Waals surface area contributed by atoms with Crippen LogP contribution in [-0.4, -0.2) is 36.6 Å². The van der Waals surface area contributed by atoms with Crippen molar-refractivity contribution >= 4 is 0 Å². The SMILES string of the molecule is CCN(CC1CCCN1)C1CCC(C)(C)CC1. The van der Waals surface area contributed by atoms with Gasteiger partial charge in [0.15, 0.2) is 0 Å². The zero-order chi connectivity index (χ0) is 12.3. The van der Waals surface area contributed by atoms with Crippen LogP contribution >= 0.6 is 0 Å². The van der Waals surface area contributed by atoms with E-state index in [4.69, 9.17) is 0 Å². The summed E-state index contributed by atoms with van der Waals surface area (Å²) < 4.78 is 0. The molecule has 0 radical (unpaired) electrons. The topological polar surface area (TPSA) is 15.3 Å². The van der Waals surface area contributed by atoms with Gasteiger partial charge in [-0.2, -0.15) is 0 Å². The highest BCUT2D eigenvalue weighted by atomic mass is 15.2.